The maximum Gasteiger partial charge on any atom is 0.0108 e. The zero-order valence-electron chi connectivity index (χ0n) is 13.8. The summed E-state index contributed by atoms with van der Waals surface area (Å²) in [5.41, 5.74) is 0.556. The summed E-state index contributed by atoms with van der Waals surface area (Å²) < 4.78 is 0. The quantitative estimate of drug-likeness (QED) is 0.829. The first-order chi connectivity index (χ1) is 9.53. The number of piperidine rings is 1. The van der Waals surface area contributed by atoms with E-state index in [0.29, 0.717) is 5.41 Å². The van der Waals surface area contributed by atoms with Crippen LogP contribution in [-0.2, 0) is 0 Å². The maximum atomic E-state index is 3.75. The molecule has 2 nitrogen and oxygen atoms in total. The predicted molar refractivity (Wildman–Crippen MR) is 85.9 cm³/mol. The molecule has 2 aliphatic heterocycles. The Bertz CT molecular complexity index is 319. The van der Waals surface area contributed by atoms with Crippen molar-refractivity contribution in [1.29, 1.82) is 0 Å². The summed E-state index contributed by atoms with van der Waals surface area (Å²) in [6, 6.07) is 1.68. The van der Waals surface area contributed by atoms with Crippen LogP contribution in [0.4, 0.5) is 0 Å². The second-order valence-corrected chi connectivity index (χ2v) is 8.67. The SMILES string of the molecule is CC1CC(N2CCCC(C3CCCN3)C2)CC(C)(C)C1. The van der Waals surface area contributed by atoms with Gasteiger partial charge in [-0.3, -0.25) is 0 Å². The van der Waals surface area contributed by atoms with Crippen molar-refractivity contribution in [1.82, 2.24) is 10.2 Å². The standard InChI is InChI=1S/C18H34N2/c1-14-10-16(12-18(2,3)11-14)20-9-5-6-15(13-20)17-7-4-8-19-17/h14-17,19H,4-13H2,1-3H3. The Labute approximate surface area is 125 Å². The van der Waals surface area contributed by atoms with Gasteiger partial charge in [0, 0.05) is 18.6 Å². The molecule has 2 saturated heterocycles. The van der Waals surface area contributed by atoms with Gasteiger partial charge >= 0.3 is 0 Å². The number of rotatable bonds is 2. The number of hydrogen-bond donors (Lipinski definition) is 1. The van der Waals surface area contributed by atoms with E-state index in [1.54, 1.807) is 0 Å². The Kier molecular flexibility index (Phi) is 4.42. The summed E-state index contributed by atoms with van der Waals surface area (Å²) in [6.45, 7) is 11.4. The second kappa shape index (κ2) is 5.96. The average Bonchev–Trinajstić information content (AvgIpc) is 2.90. The molecule has 0 amide bonds. The highest BCUT2D eigenvalue weighted by Gasteiger charge is 2.37. The summed E-state index contributed by atoms with van der Waals surface area (Å²) in [7, 11) is 0. The largest absolute Gasteiger partial charge is 0.314 e. The van der Waals surface area contributed by atoms with E-state index in [-0.39, 0.29) is 0 Å². The fourth-order valence-corrected chi connectivity index (χ4v) is 5.39. The van der Waals surface area contributed by atoms with Crippen molar-refractivity contribution in [2.75, 3.05) is 19.6 Å². The third kappa shape index (κ3) is 3.39. The highest BCUT2D eigenvalue weighted by molar-refractivity contribution is 4.92. The van der Waals surface area contributed by atoms with Crippen LogP contribution in [0.1, 0.15) is 65.7 Å². The third-order valence-electron chi connectivity index (χ3n) is 6.04. The lowest BCUT2D eigenvalue weighted by Gasteiger charge is -2.47. The molecule has 1 saturated carbocycles. The van der Waals surface area contributed by atoms with Crippen LogP contribution >= 0.6 is 0 Å². The molecule has 2 heteroatoms. The van der Waals surface area contributed by atoms with Gasteiger partial charge in [0.1, 0.15) is 0 Å². The number of hydrogen-bond acceptors (Lipinski definition) is 2. The maximum absolute atomic E-state index is 3.75. The molecule has 0 bridgehead atoms. The molecular weight excluding hydrogens is 244 g/mol. The van der Waals surface area contributed by atoms with Gasteiger partial charge in [-0.2, -0.15) is 0 Å². The molecule has 3 fully saturated rings. The fourth-order valence-electron chi connectivity index (χ4n) is 5.39. The molecule has 0 spiro atoms. The van der Waals surface area contributed by atoms with Crippen LogP contribution in [0.25, 0.3) is 0 Å². The van der Waals surface area contributed by atoms with Gasteiger partial charge in [0.05, 0.1) is 0 Å². The minimum Gasteiger partial charge on any atom is -0.314 e. The Hall–Kier alpha value is -0.0800. The van der Waals surface area contributed by atoms with Crippen LogP contribution in [0.15, 0.2) is 0 Å². The van der Waals surface area contributed by atoms with Crippen LogP contribution in [0, 0.1) is 17.3 Å². The summed E-state index contributed by atoms with van der Waals surface area (Å²) in [6.07, 6.45) is 9.98. The van der Waals surface area contributed by atoms with Gasteiger partial charge in [0.25, 0.3) is 0 Å². The summed E-state index contributed by atoms with van der Waals surface area (Å²) in [4.78, 5) is 2.87. The van der Waals surface area contributed by atoms with Gasteiger partial charge in [-0.15, -0.1) is 0 Å². The molecule has 3 rings (SSSR count). The third-order valence-corrected chi connectivity index (χ3v) is 6.04. The minimum atomic E-state index is 0.556. The van der Waals surface area contributed by atoms with Crippen LogP contribution in [0.3, 0.4) is 0 Å². The van der Waals surface area contributed by atoms with Gasteiger partial charge in [-0.05, 0) is 75.3 Å². The van der Waals surface area contributed by atoms with Gasteiger partial charge < -0.3 is 10.2 Å². The summed E-state index contributed by atoms with van der Waals surface area (Å²) in [5, 5.41) is 3.75. The molecule has 116 valence electrons. The van der Waals surface area contributed by atoms with Gasteiger partial charge in [-0.1, -0.05) is 20.8 Å². The Balaban J connectivity index is 1.61. The van der Waals surface area contributed by atoms with E-state index in [0.717, 1.165) is 23.9 Å². The second-order valence-electron chi connectivity index (χ2n) is 8.67. The van der Waals surface area contributed by atoms with Crippen molar-refractivity contribution in [2.45, 2.75) is 77.8 Å². The molecule has 0 aromatic heterocycles. The van der Waals surface area contributed by atoms with Crippen LogP contribution in [-0.4, -0.2) is 36.6 Å². The fraction of sp³-hybridized carbons (Fsp3) is 1.00. The first-order valence-corrected chi connectivity index (χ1v) is 9.01. The van der Waals surface area contributed by atoms with Crippen molar-refractivity contribution in [3.63, 3.8) is 0 Å². The van der Waals surface area contributed by atoms with E-state index in [1.165, 1.54) is 64.6 Å². The van der Waals surface area contributed by atoms with Gasteiger partial charge in [-0.25, -0.2) is 0 Å². The van der Waals surface area contributed by atoms with Crippen LogP contribution < -0.4 is 5.32 Å². The van der Waals surface area contributed by atoms with Crippen LogP contribution in [0.2, 0.25) is 0 Å². The van der Waals surface area contributed by atoms with E-state index in [1.807, 2.05) is 0 Å². The molecule has 20 heavy (non-hydrogen) atoms. The Morgan fingerprint density at radius 1 is 1.10 bits per heavy atom. The molecule has 0 radical (unpaired) electrons. The summed E-state index contributed by atoms with van der Waals surface area (Å²) >= 11 is 0. The van der Waals surface area contributed by atoms with E-state index in [4.69, 9.17) is 0 Å². The molecule has 4 atom stereocenters. The molecular formula is C18H34N2. The lowest BCUT2D eigenvalue weighted by atomic mass is 9.70. The molecule has 1 aliphatic carbocycles. The Morgan fingerprint density at radius 2 is 1.95 bits per heavy atom. The first-order valence-electron chi connectivity index (χ1n) is 9.01. The van der Waals surface area contributed by atoms with E-state index in [9.17, 15) is 0 Å². The van der Waals surface area contributed by atoms with Crippen LogP contribution in [0.5, 0.6) is 0 Å². The predicted octanol–water partition coefficient (Wildman–Crippen LogP) is 3.67. The average molecular weight is 278 g/mol. The van der Waals surface area contributed by atoms with E-state index in [2.05, 4.69) is 31.0 Å². The lowest BCUT2D eigenvalue weighted by molar-refractivity contribution is 0.0338. The number of nitrogens with zero attached hydrogens (tertiary/aromatic N) is 1. The molecule has 4 unspecified atom stereocenters. The highest BCUT2D eigenvalue weighted by Crippen LogP contribution is 2.41. The summed E-state index contributed by atoms with van der Waals surface area (Å²) in [5.74, 6) is 1.83. The van der Waals surface area contributed by atoms with Crippen molar-refractivity contribution in [2.24, 2.45) is 17.3 Å². The van der Waals surface area contributed by atoms with Gasteiger partial charge in [0.2, 0.25) is 0 Å². The molecule has 3 aliphatic rings. The zero-order valence-corrected chi connectivity index (χ0v) is 13.8. The lowest BCUT2D eigenvalue weighted by Crippen LogP contribution is -2.50. The van der Waals surface area contributed by atoms with Crippen molar-refractivity contribution in [3.8, 4) is 0 Å². The minimum absolute atomic E-state index is 0.556. The number of nitrogens with one attached hydrogen (secondary N) is 1. The Morgan fingerprint density at radius 3 is 2.65 bits per heavy atom. The van der Waals surface area contributed by atoms with E-state index >= 15 is 0 Å². The smallest absolute Gasteiger partial charge is 0.0108 e. The van der Waals surface area contributed by atoms with Crippen molar-refractivity contribution >= 4 is 0 Å². The highest BCUT2D eigenvalue weighted by atomic mass is 15.2. The normalized spacial score (nSPS) is 42.8. The van der Waals surface area contributed by atoms with E-state index < -0.39 is 0 Å². The zero-order chi connectivity index (χ0) is 14.2. The molecule has 1 N–H and O–H groups in total. The van der Waals surface area contributed by atoms with Gasteiger partial charge in [0.15, 0.2) is 0 Å². The molecule has 0 aromatic rings. The van der Waals surface area contributed by atoms with Crippen molar-refractivity contribution in [3.05, 3.63) is 0 Å². The number of likely N-dealkylation sites (tertiary alicyclic amines) is 1. The monoisotopic (exact) mass is 278 g/mol. The topological polar surface area (TPSA) is 15.3 Å². The molecule has 2 heterocycles. The first kappa shape index (κ1) is 14.8. The molecule has 0 aromatic carbocycles. The van der Waals surface area contributed by atoms with Crippen molar-refractivity contribution < 1.29 is 0 Å².